The van der Waals surface area contributed by atoms with E-state index in [0.29, 0.717) is 11.9 Å². The molecule has 6 heteroatoms. The highest BCUT2D eigenvalue weighted by Gasteiger charge is 2.29. The molecule has 5 nitrogen and oxygen atoms in total. The first-order valence-electron chi connectivity index (χ1n) is 7.45. The van der Waals surface area contributed by atoms with Crippen LogP contribution >= 0.6 is 11.3 Å². The Morgan fingerprint density at radius 3 is 3.18 bits per heavy atom. The van der Waals surface area contributed by atoms with E-state index in [1.54, 1.807) is 17.6 Å². The molecule has 3 aromatic rings. The maximum absolute atomic E-state index is 5.60. The van der Waals surface area contributed by atoms with Crippen LogP contribution in [0.4, 0.5) is 0 Å². The number of aromatic nitrogens is 2. The summed E-state index contributed by atoms with van der Waals surface area (Å²) in [5, 5.41) is 6.04. The minimum absolute atomic E-state index is 0.295. The fourth-order valence-corrected chi connectivity index (χ4v) is 3.63. The van der Waals surface area contributed by atoms with Crippen molar-refractivity contribution in [1.82, 2.24) is 15.0 Å². The first-order valence-corrected chi connectivity index (χ1v) is 8.33. The number of oxazole rings is 1. The average molecular weight is 315 g/mol. The molecule has 1 fully saturated rings. The molecule has 1 aliphatic heterocycles. The number of hydrogen-bond donors (Lipinski definition) is 0. The van der Waals surface area contributed by atoms with E-state index in [0.717, 1.165) is 41.5 Å². The van der Waals surface area contributed by atoms with Crippen molar-refractivity contribution in [1.29, 1.82) is 0 Å². The van der Waals surface area contributed by atoms with E-state index in [4.69, 9.17) is 8.94 Å². The maximum atomic E-state index is 5.60. The molecule has 0 N–H and O–H groups in total. The van der Waals surface area contributed by atoms with Crippen LogP contribution in [-0.2, 0) is 6.54 Å². The van der Waals surface area contributed by atoms with Crippen LogP contribution in [-0.4, -0.2) is 21.6 Å². The van der Waals surface area contributed by atoms with Gasteiger partial charge >= 0.3 is 0 Å². The molecule has 4 heterocycles. The van der Waals surface area contributed by atoms with E-state index < -0.39 is 0 Å². The largest absolute Gasteiger partial charge is 0.444 e. The predicted octanol–water partition coefficient (Wildman–Crippen LogP) is 4.04. The number of nitrogens with zero attached hydrogens (tertiary/aromatic N) is 3. The second kappa shape index (κ2) is 5.70. The third-order valence-electron chi connectivity index (χ3n) is 3.99. The zero-order valence-corrected chi connectivity index (χ0v) is 13.2. The molecule has 114 valence electrons. The Morgan fingerprint density at radius 2 is 2.41 bits per heavy atom. The van der Waals surface area contributed by atoms with Crippen molar-refractivity contribution in [2.24, 2.45) is 0 Å². The molecule has 0 amide bonds. The second-order valence-electron chi connectivity index (χ2n) is 5.62. The Hall–Kier alpha value is -1.92. The van der Waals surface area contributed by atoms with Crippen molar-refractivity contribution in [3.63, 3.8) is 0 Å². The normalized spacial score (nSPS) is 19.0. The van der Waals surface area contributed by atoms with Gasteiger partial charge in [-0.1, -0.05) is 11.2 Å². The third kappa shape index (κ3) is 2.60. The molecule has 0 saturated carbocycles. The van der Waals surface area contributed by atoms with E-state index in [1.807, 2.05) is 30.5 Å². The summed E-state index contributed by atoms with van der Waals surface area (Å²) in [6, 6.07) is 6.36. The SMILES string of the molecule is Cc1cc([C@@H]2CCCN2Cc2coc(-c3cccs3)n2)on1. The van der Waals surface area contributed by atoms with Crippen LogP contribution in [0.25, 0.3) is 10.8 Å². The van der Waals surface area contributed by atoms with Crippen LogP contribution in [0.5, 0.6) is 0 Å². The fraction of sp³-hybridized carbons (Fsp3) is 0.375. The molecule has 0 radical (unpaired) electrons. The monoisotopic (exact) mass is 315 g/mol. The lowest BCUT2D eigenvalue weighted by atomic mass is 10.1. The molecule has 0 bridgehead atoms. The molecule has 0 unspecified atom stereocenters. The summed E-state index contributed by atoms with van der Waals surface area (Å²) >= 11 is 1.64. The first-order chi connectivity index (χ1) is 10.8. The lowest BCUT2D eigenvalue weighted by Gasteiger charge is -2.20. The second-order valence-corrected chi connectivity index (χ2v) is 6.57. The molecule has 1 saturated heterocycles. The highest BCUT2D eigenvalue weighted by Crippen LogP contribution is 2.33. The fourth-order valence-electron chi connectivity index (χ4n) is 2.98. The van der Waals surface area contributed by atoms with Gasteiger partial charge in [0.25, 0.3) is 0 Å². The zero-order chi connectivity index (χ0) is 14.9. The van der Waals surface area contributed by atoms with Crippen molar-refractivity contribution in [2.45, 2.75) is 32.4 Å². The summed E-state index contributed by atoms with van der Waals surface area (Å²) in [4.78, 5) is 8.06. The lowest BCUT2D eigenvalue weighted by Crippen LogP contribution is -2.22. The molecule has 0 aromatic carbocycles. The van der Waals surface area contributed by atoms with Crippen LogP contribution < -0.4 is 0 Å². The van der Waals surface area contributed by atoms with Gasteiger partial charge in [-0.3, -0.25) is 4.90 Å². The van der Waals surface area contributed by atoms with Crippen molar-refractivity contribution in [3.05, 3.63) is 47.0 Å². The van der Waals surface area contributed by atoms with Gasteiger partial charge in [-0.2, -0.15) is 0 Å². The van der Waals surface area contributed by atoms with Crippen LogP contribution in [0.2, 0.25) is 0 Å². The van der Waals surface area contributed by atoms with Gasteiger partial charge in [-0.25, -0.2) is 4.98 Å². The number of likely N-dealkylation sites (tertiary alicyclic amines) is 1. The van der Waals surface area contributed by atoms with Gasteiger partial charge in [-0.15, -0.1) is 11.3 Å². The summed E-state index contributed by atoms with van der Waals surface area (Å²) < 4.78 is 11.0. The quantitative estimate of drug-likeness (QED) is 0.727. The van der Waals surface area contributed by atoms with Crippen LogP contribution in [0, 0.1) is 6.92 Å². The topological polar surface area (TPSA) is 55.3 Å². The molecule has 3 aromatic heterocycles. The van der Waals surface area contributed by atoms with Crippen molar-refractivity contribution in [2.75, 3.05) is 6.54 Å². The van der Waals surface area contributed by atoms with Gasteiger partial charge in [0.2, 0.25) is 5.89 Å². The van der Waals surface area contributed by atoms with E-state index in [9.17, 15) is 0 Å². The summed E-state index contributed by atoms with van der Waals surface area (Å²) in [6.07, 6.45) is 4.03. The minimum atomic E-state index is 0.295. The van der Waals surface area contributed by atoms with E-state index in [-0.39, 0.29) is 0 Å². The van der Waals surface area contributed by atoms with Gasteiger partial charge in [-0.05, 0) is 37.8 Å². The molecule has 1 atom stereocenters. The molecule has 1 aliphatic rings. The summed E-state index contributed by atoms with van der Waals surface area (Å²) in [6.45, 7) is 3.78. The summed E-state index contributed by atoms with van der Waals surface area (Å²) in [5.74, 6) is 1.66. The number of rotatable bonds is 4. The van der Waals surface area contributed by atoms with E-state index in [2.05, 4.69) is 15.0 Å². The first kappa shape index (κ1) is 13.7. The Morgan fingerprint density at radius 1 is 1.45 bits per heavy atom. The number of thiophene rings is 1. The van der Waals surface area contributed by atoms with Crippen LogP contribution in [0.15, 0.2) is 38.8 Å². The molecule has 4 rings (SSSR count). The number of hydrogen-bond acceptors (Lipinski definition) is 6. The predicted molar refractivity (Wildman–Crippen MR) is 83.4 cm³/mol. The Bertz CT molecular complexity index is 747. The van der Waals surface area contributed by atoms with Crippen molar-refractivity contribution >= 4 is 11.3 Å². The number of aryl methyl sites for hydroxylation is 1. The minimum Gasteiger partial charge on any atom is -0.444 e. The zero-order valence-electron chi connectivity index (χ0n) is 12.4. The van der Waals surface area contributed by atoms with E-state index in [1.165, 1.54) is 6.42 Å². The Balaban J connectivity index is 1.50. The summed E-state index contributed by atoms with van der Waals surface area (Å²) in [5.41, 5.74) is 1.90. The van der Waals surface area contributed by atoms with E-state index >= 15 is 0 Å². The van der Waals surface area contributed by atoms with Crippen LogP contribution in [0.1, 0.15) is 36.0 Å². The molecular weight excluding hydrogens is 298 g/mol. The van der Waals surface area contributed by atoms with Gasteiger partial charge < -0.3 is 8.94 Å². The highest BCUT2D eigenvalue weighted by atomic mass is 32.1. The highest BCUT2D eigenvalue weighted by molar-refractivity contribution is 7.13. The van der Waals surface area contributed by atoms with Crippen LogP contribution in [0.3, 0.4) is 0 Å². The molecular formula is C16H17N3O2S. The average Bonchev–Trinajstić information content (AvgIpc) is 3.26. The standard InChI is InChI=1S/C16H17N3O2S/c1-11-8-14(21-18-11)13-4-2-6-19(13)9-12-10-20-16(17-12)15-5-3-7-22-15/h3,5,7-8,10,13H,2,4,6,9H2,1H3/t13-/m0/s1. The van der Waals surface area contributed by atoms with Gasteiger partial charge in [0, 0.05) is 12.6 Å². The third-order valence-corrected chi connectivity index (χ3v) is 4.84. The molecule has 22 heavy (non-hydrogen) atoms. The lowest BCUT2D eigenvalue weighted by molar-refractivity contribution is 0.204. The summed E-state index contributed by atoms with van der Waals surface area (Å²) in [7, 11) is 0. The van der Waals surface area contributed by atoms with Crippen molar-refractivity contribution in [3.8, 4) is 10.8 Å². The molecule has 0 aliphatic carbocycles. The smallest absolute Gasteiger partial charge is 0.236 e. The van der Waals surface area contributed by atoms with Gasteiger partial charge in [0.1, 0.15) is 6.26 Å². The van der Waals surface area contributed by atoms with Gasteiger partial charge in [0.05, 0.1) is 22.3 Å². The molecule has 0 spiro atoms. The van der Waals surface area contributed by atoms with Gasteiger partial charge in [0.15, 0.2) is 5.76 Å². The Labute approximate surface area is 132 Å². The Kier molecular flexibility index (Phi) is 3.56. The maximum Gasteiger partial charge on any atom is 0.236 e. The van der Waals surface area contributed by atoms with Crippen molar-refractivity contribution < 1.29 is 8.94 Å².